The van der Waals surface area contributed by atoms with Crippen LogP contribution in [-0.4, -0.2) is 44.4 Å². The molecule has 4 aromatic rings. The summed E-state index contributed by atoms with van der Waals surface area (Å²) in [5.41, 5.74) is 2.13. The first-order valence-corrected chi connectivity index (χ1v) is 9.81. The number of hydrogen-bond donors (Lipinski definition) is 0. The molecule has 3 heterocycles. The van der Waals surface area contributed by atoms with E-state index in [-0.39, 0.29) is 0 Å². The predicted octanol–water partition coefficient (Wildman–Crippen LogP) is 3.15. The van der Waals surface area contributed by atoms with Crippen LogP contribution in [0.5, 0.6) is 11.5 Å². The maximum atomic E-state index is 5.38. The van der Waals surface area contributed by atoms with Crippen LogP contribution >= 0.6 is 11.3 Å². The normalized spacial score (nSPS) is 13.1. The van der Waals surface area contributed by atoms with Crippen molar-refractivity contribution in [3.8, 4) is 28.7 Å². The lowest BCUT2D eigenvalue weighted by molar-refractivity contribution is 0.355. The molecule has 142 valence electrons. The number of aromatic nitrogens is 6. The molecule has 1 aromatic carbocycles. The number of aryl methyl sites for hydroxylation is 3. The van der Waals surface area contributed by atoms with Gasteiger partial charge in [-0.2, -0.15) is 0 Å². The second-order valence-electron chi connectivity index (χ2n) is 6.60. The van der Waals surface area contributed by atoms with E-state index >= 15 is 0 Å². The summed E-state index contributed by atoms with van der Waals surface area (Å²) in [5.74, 6) is 3.17. The van der Waals surface area contributed by atoms with Gasteiger partial charge in [0.25, 0.3) is 0 Å². The molecule has 0 aliphatic heterocycles. The Balaban J connectivity index is 1.62. The van der Waals surface area contributed by atoms with Crippen LogP contribution in [0, 0.1) is 6.92 Å². The smallest absolute Gasteiger partial charge is 0.205 e. The molecule has 0 atom stereocenters. The molecule has 0 saturated carbocycles. The van der Waals surface area contributed by atoms with Crippen molar-refractivity contribution in [3.05, 3.63) is 34.5 Å². The van der Waals surface area contributed by atoms with Gasteiger partial charge in [-0.1, -0.05) is 0 Å². The van der Waals surface area contributed by atoms with Crippen LogP contribution in [0.2, 0.25) is 0 Å². The third-order valence-corrected chi connectivity index (χ3v) is 6.09. The standard InChI is InChI=1S/C19H18N6O2S/c1-10-20-18(16-12-5-4-6-15(12)28-19(16)21-10)25-23-17(22-24-25)11-7-8-13(26-2)14(9-11)27-3/h7-9H,4-6H2,1-3H3. The Morgan fingerprint density at radius 1 is 1.07 bits per heavy atom. The molecule has 0 fully saturated rings. The maximum Gasteiger partial charge on any atom is 0.205 e. The van der Waals surface area contributed by atoms with Crippen LogP contribution < -0.4 is 9.47 Å². The number of nitrogens with zero attached hydrogens (tertiary/aromatic N) is 6. The summed E-state index contributed by atoms with van der Waals surface area (Å²) in [4.78, 5) is 13.2. The van der Waals surface area contributed by atoms with Crippen LogP contribution in [0.15, 0.2) is 18.2 Å². The second-order valence-corrected chi connectivity index (χ2v) is 7.69. The topological polar surface area (TPSA) is 87.8 Å². The molecule has 0 radical (unpaired) electrons. The van der Waals surface area contributed by atoms with E-state index in [0.29, 0.717) is 29.0 Å². The molecular formula is C19H18N6O2S. The first-order valence-electron chi connectivity index (χ1n) is 8.99. The van der Waals surface area contributed by atoms with Gasteiger partial charge in [-0.25, -0.2) is 9.97 Å². The van der Waals surface area contributed by atoms with Crippen LogP contribution in [0.25, 0.3) is 27.4 Å². The number of ether oxygens (including phenoxy) is 2. The highest BCUT2D eigenvalue weighted by molar-refractivity contribution is 7.19. The highest BCUT2D eigenvalue weighted by Crippen LogP contribution is 2.38. The van der Waals surface area contributed by atoms with Crippen molar-refractivity contribution in [2.75, 3.05) is 14.2 Å². The summed E-state index contributed by atoms with van der Waals surface area (Å²) in [5, 5.41) is 14.2. The minimum absolute atomic E-state index is 0.497. The number of hydrogen-bond acceptors (Lipinski definition) is 8. The third-order valence-electron chi connectivity index (χ3n) is 4.90. The van der Waals surface area contributed by atoms with Crippen molar-refractivity contribution in [3.63, 3.8) is 0 Å². The minimum atomic E-state index is 0.497. The van der Waals surface area contributed by atoms with Crippen molar-refractivity contribution >= 4 is 21.6 Å². The summed E-state index contributed by atoms with van der Waals surface area (Å²) in [6.45, 7) is 1.89. The van der Waals surface area contributed by atoms with E-state index in [4.69, 9.17) is 9.47 Å². The molecule has 28 heavy (non-hydrogen) atoms. The highest BCUT2D eigenvalue weighted by Gasteiger charge is 2.24. The van der Waals surface area contributed by atoms with Crippen molar-refractivity contribution in [1.82, 2.24) is 30.2 Å². The molecule has 0 bridgehead atoms. The third kappa shape index (κ3) is 2.62. The molecule has 0 spiro atoms. The van der Waals surface area contributed by atoms with Crippen LogP contribution in [0.1, 0.15) is 22.7 Å². The van der Waals surface area contributed by atoms with Crippen molar-refractivity contribution in [1.29, 1.82) is 0 Å². The zero-order valence-corrected chi connectivity index (χ0v) is 16.6. The Kier molecular flexibility index (Phi) is 3.97. The fourth-order valence-electron chi connectivity index (χ4n) is 3.62. The van der Waals surface area contributed by atoms with Crippen molar-refractivity contribution < 1.29 is 9.47 Å². The van der Waals surface area contributed by atoms with Gasteiger partial charge in [0.05, 0.1) is 19.6 Å². The average Bonchev–Trinajstić information content (AvgIpc) is 3.42. The van der Waals surface area contributed by atoms with Crippen LogP contribution in [0.4, 0.5) is 0 Å². The molecule has 8 nitrogen and oxygen atoms in total. The predicted molar refractivity (Wildman–Crippen MR) is 105 cm³/mol. The Hall–Kier alpha value is -3.07. The van der Waals surface area contributed by atoms with E-state index in [2.05, 4.69) is 25.4 Å². The molecule has 0 saturated heterocycles. The molecular weight excluding hydrogens is 376 g/mol. The molecule has 0 N–H and O–H groups in total. The lowest BCUT2D eigenvalue weighted by Crippen LogP contribution is -2.05. The Morgan fingerprint density at radius 2 is 1.93 bits per heavy atom. The number of methoxy groups -OCH3 is 2. The number of benzene rings is 1. The molecule has 1 aliphatic carbocycles. The summed E-state index contributed by atoms with van der Waals surface area (Å²) in [7, 11) is 3.21. The lowest BCUT2D eigenvalue weighted by Gasteiger charge is -2.07. The van der Waals surface area contributed by atoms with Gasteiger partial charge < -0.3 is 9.47 Å². The monoisotopic (exact) mass is 394 g/mol. The molecule has 3 aromatic heterocycles. The van der Waals surface area contributed by atoms with Crippen LogP contribution in [-0.2, 0) is 12.8 Å². The van der Waals surface area contributed by atoms with Gasteiger partial charge in [0.15, 0.2) is 17.3 Å². The van der Waals surface area contributed by atoms with E-state index in [1.807, 2.05) is 25.1 Å². The number of tetrazole rings is 1. The fraction of sp³-hybridized carbons (Fsp3) is 0.316. The number of fused-ring (bicyclic) bond motifs is 3. The van der Waals surface area contributed by atoms with Gasteiger partial charge in [-0.3, -0.25) is 0 Å². The summed E-state index contributed by atoms with van der Waals surface area (Å²) in [6, 6.07) is 5.54. The largest absolute Gasteiger partial charge is 0.493 e. The molecule has 5 rings (SSSR count). The second kappa shape index (κ2) is 6.52. The van der Waals surface area contributed by atoms with Gasteiger partial charge in [-0.15, -0.1) is 26.3 Å². The zero-order chi connectivity index (χ0) is 19.3. The summed E-state index contributed by atoms with van der Waals surface area (Å²) < 4.78 is 10.7. The van der Waals surface area contributed by atoms with E-state index < -0.39 is 0 Å². The van der Waals surface area contributed by atoms with Gasteiger partial charge in [0.1, 0.15) is 10.7 Å². The van der Waals surface area contributed by atoms with Gasteiger partial charge in [0, 0.05) is 10.4 Å². The van der Waals surface area contributed by atoms with Gasteiger partial charge >= 0.3 is 0 Å². The summed E-state index contributed by atoms with van der Waals surface area (Å²) in [6.07, 6.45) is 3.33. The fourth-order valence-corrected chi connectivity index (χ4v) is 4.92. The number of thiophene rings is 1. The van der Waals surface area contributed by atoms with Crippen molar-refractivity contribution in [2.24, 2.45) is 0 Å². The van der Waals surface area contributed by atoms with E-state index in [1.54, 1.807) is 25.6 Å². The molecule has 9 heteroatoms. The molecule has 0 amide bonds. The Labute approximate surface area is 165 Å². The average molecular weight is 394 g/mol. The van der Waals surface area contributed by atoms with Crippen LogP contribution in [0.3, 0.4) is 0 Å². The maximum absolute atomic E-state index is 5.38. The minimum Gasteiger partial charge on any atom is -0.493 e. The first-order chi connectivity index (χ1) is 13.7. The zero-order valence-electron chi connectivity index (χ0n) is 15.8. The quantitative estimate of drug-likeness (QED) is 0.525. The first kappa shape index (κ1) is 17.1. The summed E-state index contributed by atoms with van der Waals surface area (Å²) >= 11 is 1.75. The van der Waals surface area contributed by atoms with E-state index in [0.717, 1.165) is 28.6 Å². The Bertz CT molecular complexity index is 1200. The molecule has 1 aliphatic rings. The number of rotatable bonds is 4. The van der Waals surface area contributed by atoms with E-state index in [1.165, 1.54) is 21.7 Å². The highest BCUT2D eigenvalue weighted by atomic mass is 32.1. The lowest BCUT2D eigenvalue weighted by atomic mass is 10.2. The molecule has 0 unspecified atom stereocenters. The SMILES string of the molecule is COc1ccc(-c2nnn(-c3nc(C)nc4sc5c(c34)CCC5)n2)cc1OC. The van der Waals surface area contributed by atoms with Crippen molar-refractivity contribution in [2.45, 2.75) is 26.2 Å². The van der Waals surface area contributed by atoms with Gasteiger partial charge in [0.2, 0.25) is 5.82 Å². The van der Waals surface area contributed by atoms with E-state index in [9.17, 15) is 0 Å². The Morgan fingerprint density at radius 3 is 2.75 bits per heavy atom. The van der Waals surface area contributed by atoms with Gasteiger partial charge in [-0.05, 0) is 55.2 Å².